The molecule has 0 saturated carbocycles. The van der Waals surface area contributed by atoms with Crippen LogP contribution >= 0.6 is 23.2 Å². The van der Waals surface area contributed by atoms with Crippen LogP contribution in [0.4, 0.5) is 0 Å². The minimum absolute atomic E-state index is 0.109. The van der Waals surface area contributed by atoms with E-state index in [-0.39, 0.29) is 24.7 Å². The number of aliphatic carboxylic acids is 1. The molecule has 0 saturated heterocycles. The van der Waals surface area contributed by atoms with Crippen molar-refractivity contribution in [2.24, 2.45) is 5.73 Å². The summed E-state index contributed by atoms with van der Waals surface area (Å²) in [5.74, 6) is -3.15. The molecule has 1 aliphatic heterocycles. The highest BCUT2D eigenvalue weighted by molar-refractivity contribution is 6.31. The maximum Gasteiger partial charge on any atom is 0.336 e. The van der Waals surface area contributed by atoms with Gasteiger partial charge < -0.3 is 30.4 Å². The van der Waals surface area contributed by atoms with Gasteiger partial charge in [0, 0.05) is 17.3 Å². The molecule has 1 aromatic carbocycles. The summed E-state index contributed by atoms with van der Waals surface area (Å²) >= 11 is 11.2. The summed E-state index contributed by atoms with van der Waals surface area (Å²) in [6, 6.07) is 7.05. The van der Waals surface area contributed by atoms with E-state index >= 15 is 0 Å². The Labute approximate surface area is 202 Å². The predicted octanol–water partition coefficient (Wildman–Crippen LogP) is 2.58. The third-order valence-electron chi connectivity index (χ3n) is 4.38. The zero-order chi connectivity index (χ0) is 25.0. The number of carbonyl (C=O) groups is 3. The van der Waals surface area contributed by atoms with Crippen LogP contribution in [-0.4, -0.2) is 62.4 Å². The van der Waals surface area contributed by atoms with Gasteiger partial charge in [0.2, 0.25) is 0 Å². The van der Waals surface area contributed by atoms with Crippen LogP contribution < -0.4 is 11.1 Å². The second-order valence-corrected chi connectivity index (χ2v) is 7.27. The SMILES string of the molecule is CCOC(=O)C1=C(COCCN)NC(C)=C(C(=O)OC)[C@@H]1c1ccccc1Cl.O=C(O)CCl. The molecule has 0 aromatic heterocycles. The molecule has 1 aromatic rings. The van der Waals surface area contributed by atoms with Crippen molar-refractivity contribution in [1.82, 2.24) is 5.32 Å². The molecule has 0 aliphatic carbocycles. The Morgan fingerprint density at radius 1 is 1.18 bits per heavy atom. The monoisotopic (exact) mass is 502 g/mol. The van der Waals surface area contributed by atoms with Gasteiger partial charge in [-0.05, 0) is 25.5 Å². The third-order valence-corrected chi connectivity index (χ3v) is 4.96. The van der Waals surface area contributed by atoms with E-state index in [4.69, 9.17) is 48.3 Å². The van der Waals surface area contributed by atoms with Gasteiger partial charge >= 0.3 is 17.9 Å². The number of carboxylic acids is 1. The Kier molecular flexibility index (Phi) is 12.5. The highest BCUT2D eigenvalue weighted by atomic mass is 35.5. The average Bonchev–Trinajstić information content (AvgIpc) is 2.79. The molecule has 0 spiro atoms. The number of hydrogen-bond acceptors (Lipinski definition) is 8. The van der Waals surface area contributed by atoms with Crippen LogP contribution in [0.1, 0.15) is 25.3 Å². The summed E-state index contributed by atoms with van der Waals surface area (Å²) in [5.41, 5.74) is 7.70. The smallest absolute Gasteiger partial charge is 0.336 e. The molecule has 0 radical (unpaired) electrons. The van der Waals surface area contributed by atoms with Crippen molar-refractivity contribution in [2.75, 3.05) is 39.4 Å². The number of nitrogens with one attached hydrogen (secondary N) is 1. The second-order valence-electron chi connectivity index (χ2n) is 6.59. The van der Waals surface area contributed by atoms with Crippen molar-refractivity contribution < 1.29 is 33.7 Å². The normalized spacial score (nSPS) is 15.3. The Hall–Kier alpha value is -2.59. The van der Waals surface area contributed by atoms with Gasteiger partial charge in [-0.25, -0.2) is 9.59 Å². The first-order valence-electron chi connectivity index (χ1n) is 9.99. The van der Waals surface area contributed by atoms with Crippen LogP contribution in [0.3, 0.4) is 0 Å². The summed E-state index contributed by atoms with van der Waals surface area (Å²) in [7, 11) is 1.29. The lowest BCUT2D eigenvalue weighted by Gasteiger charge is -2.31. The predicted molar refractivity (Wildman–Crippen MR) is 124 cm³/mol. The zero-order valence-electron chi connectivity index (χ0n) is 18.7. The summed E-state index contributed by atoms with van der Waals surface area (Å²) in [6.45, 7) is 4.42. The molecule has 0 bridgehead atoms. The number of nitrogens with two attached hydrogens (primary N) is 1. The lowest BCUT2D eigenvalue weighted by molar-refractivity contribution is -0.139. The first-order chi connectivity index (χ1) is 15.7. The van der Waals surface area contributed by atoms with E-state index in [2.05, 4.69) is 5.32 Å². The number of esters is 2. The number of carbonyl (C=O) groups excluding carboxylic acids is 2. The largest absolute Gasteiger partial charge is 0.480 e. The van der Waals surface area contributed by atoms with Crippen LogP contribution in [0.2, 0.25) is 5.02 Å². The Bertz CT molecular complexity index is 916. The van der Waals surface area contributed by atoms with E-state index in [1.165, 1.54) is 7.11 Å². The summed E-state index contributed by atoms with van der Waals surface area (Å²) in [4.78, 5) is 34.7. The van der Waals surface area contributed by atoms with Crippen LogP contribution in [0, 0.1) is 0 Å². The van der Waals surface area contributed by atoms with E-state index in [0.29, 0.717) is 40.7 Å². The number of halogens is 2. The van der Waals surface area contributed by atoms with Gasteiger partial charge in [0.25, 0.3) is 0 Å². The molecule has 9 nitrogen and oxygen atoms in total. The fraction of sp³-hybridized carbons (Fsp3) is 0.409. The van der Waals surface area contributed by atoms with Gasteiger partial charge in [0.1, 0.15) is 5.88 Å². The standard InChI is InChI=1S/C20H25ClN2O5.C2H3ClO2/c1-4-28-20(25)18-15(11-27-10-9-22)23-12(2)16(19(24)26-3)17(18)13-7-5-6-8-14(13)21;3-1-2(4)5/h5-8,17,23H,4,9-11,22H2,1-3H3;1H2,(H,4,5)/t17-;/m0./s1. The van der Waals surface area contributed by atoms with Crippen LogP contribution in [-0.2, 0) is 28.6 Å². The van der Waals surface area contributed by atoms with E-state index in [1.807, 2.05) is 0 Å². The molecular weight excluding hydrogens is 475 g/mol. The minimum atomic E-state index is -0.980. The van der Waals surface area contributed by atoms with Crippen LogP contribution in [0.25, 0.3) is 0 Å². The Morgan fingerprint density at radius 3 is 2.33 bits per heavy atom. The molecule has 11 heteroatoms. The molecule has 0 unspecified atom stereocenters. The third kappa shape index (κ3) is 8.04. The quantitative estimate of drug-likeness (QED) is 0.264. The number of methoxy groups -OCH3 is 1. The Balaban J connectivity index is 0.000000981. The molecule has 182 valence electrons. The number of alkyl halides is 1. The molecule has 4 N–H and O–H groups in total. The number of hydrogen-bond donors (Lipinski definition) is 3. The van der Waals surface area contributed by atoms with Gasteiger partial charge in [-0.2, -0.15) is 0 Å². The maximum absolute atomic E-state index is 12.9. The summed E-state index contributed by atoms with van der Waals surface area (Å²) < 4.78 is 15.8. The van der Waals surface area contributed by atoms with Gasteiger partial charge in [-0.1, -0.05) is 29.8 Å². The van der Waals surface area contributed by atoms with E-state index < -0.39 is 23.8 Å². The van der Waals surface area contributed by atoms with Gasteiger partial charge in [-0.15, -0.1) is 11.6 Å². The highest BCUT2D eigenvalue weighted by Gasteiger charge is 2.39. The molecular formula is C22H28Cl2N2O7. The van der Waals surface area contributed by atoms with Crippen molar-refractivity contribution in [3.63, 3.8) is 0 Å². The number of rotatable bonds is 9. The van der Waals surface area contributed by atoms with Crippen LogP contribution in [0.5, 0.6) is 0 Å². The van der Waals surface area contributed by atoms with Crippen molar-refractivity contribution in [1.29, 1.82) is 0 Å². The van der Waals surface area contributed by atoms with Crippen molar-refractivity contribution in [3.05, 3.63) is 57.4 Å². The number of benzene rings is 1. The molecule has 0 amide bonds. The van der Waals surface area contributed by atoms with Crippen molar-refractivity contribution in [3.8, 4) is 0 Å². The first-order valence-corrected chi connectivity index (χ1v) is 10.9. The highest BCUT2D eigenvalue weighted by Crippen LogP contribution is 2.41. The van der Waals surface area contributed by atoms with Crippen molar-refractivity contribution in [2.45, 2.75) is 19.8 Å². The van der Waals surface area contributed by atoms with Gasteiger partial charge in [0.15, 0.2) is 0 Å². The molecule has 2 rings (SSSR count). The first kappa shape index (κ1) is 28.4. The molecule has 1 heterocycles. The minimum Gasteiger partial charge on any atom is -0.480 e. The molecule has 33 heavy (non-hydrogen) atoms. The lowest BCUT2D eigenvalue weighted by Crippen LogP contribution is -2.35. The summed E-state index contributed by atoms with van der Waals surface area (Å²) in [6.07, 6.45) is 0. The second kappa shape index (κ2) is 14.5. The zero-order valence-corrected chi connectivity index (χ0v) is 20.2. The van der Waals surface area contributed by atoms with E-state index in [9.17, 15) is 14.4 Å². The maximum atomic E-state index is 12.9. The lowest BCUT2D eigenvalue weighted by atomic mass is 9.80. The fourth-order valence-corrected chi connectivity index (χ4v) is 3.36. The van der Waals surface area contributed by atoms with Gasteiger partial charge in [-0.3, -0.25) is 4.79 Å². The molecule has 1 aliphatic rings. The van der Waals surface area contributed by atoms with Gasteiger partial charge in [0.05, 0.1) is 49.7 Å². The average molecular weight is 503 g/mol. The topological polar surface area (TPSA) is 137 Å². The fourth-order valence-electron chi connectivity index (χ4n) is 3.12. The van der Waals surface area contributed by atoms with Crippen LogP contribution in [0.15, 0.2) is 46.8 Å². The number of dihydropyridines is 1. The molecule has 0 fully saturated rings. The Morgan fingerprint density at radius 2 is 1.82 bits per heavy atom. The molecule has 1 atom stereocenters. The van der Waals surface area contributed by atoms with E-state index in [1.54, 1.807) is 38.1 Å². The number of carboxylic acid groups (broad SMARTS) is 1. The summed E-state index contributed by atoms with van der Waals surface area (Å²) in [5, 5.41) is 11.1. The number of ether oxygens (including phenoxy) is 3. The van der Waals surface area contributed by atoms with E-state index in [0.717, 1.165) is 0 Å². The number of allylic oxidation sites excluding steroid dienone is 1. The van der Waals surface area contributed by atoms with Crippen molar-refractivity contribution >= 4 is 41.1 Å².